The Morgan fingerprint density at radius 1 is 1.40 bits per heavy atom. The predicted molar refractivity (Wildman–Crippen MR) is 60.7 cm³/mol. The van der Waals surface area contributed by atoms with Gasteiger partial charge in [0.05, 0.1) is 12.7 Å². The summed E-state index contributed by atoms with van der Waals surface area (Å²) in [5.74, 6) is 0.700. The van der Waals surface area contributed by atoms with Gasteiger partial charge < -0.3 is 9.84 Å². The van der Waals surface area contributed by atoms with Gasteiger partial charge in [-0.1, -0.05) is 11.6 Å². The highest BCUT2D eigenvalue weighted by molar-refractivity contribution is 5.13. The minimum absolute atomic E-state index is 0.320. The van der Waals surface area contributed by atoms with Crippen molar-refractivity contribution in [2.75, 3.05) is 13.2 Å². The first kappa shape index (κ1) is 11.2. The maximum atomic E-state index is 8.78. The lowest BCUT2D eigenvalue weighted by Gasteiger charge is -2.36. The second kappa shape index (κ2) is 5.66. The Bertz CT molecular complexity index is 223. The molecule has 1 fully saturated rings. The van der Waals surface area contributed by atoms with E-state index in [1.54, 1.807) is 5.57 Å². The van der Waals surface area contributed by atoms with Crippen molar-refractivity contribution < 1.29 is 9.84 Å². The molecule has 2 heteroatoms. The molecular formula is C13H22O2. The molecule has 2 nitrogen and oxygen atoms in total. The summed E-state index contributed by atoms with van der Waals surface area (Å²) in [7, 11) is 0. The molecule has 0 spiro atoms. The van der Waals surface area contributed by atoms with Crippen LogP contribution in [0.15, 0.2) is 11.6 Å². The zero-order valence-corrected chi connectivity index (χ0v) is 9.45. The fourth-order valence-electron chi connectivity index (χ4n) is 2.86. The monoisotopic (exact) mass is 210 g/mol. The van der Waals surface area contributed by atoms with Crippen LogP contribution in [-0.4, -0.2) is 24.4 Å². The van der Waals surface area contributed by atoms with Gasteiger partial charge >= 0.3 is 0 Å². The van der Waals surface area contributed by atoms with Crippen LogP contribution in [0.5, 0.6) is 0 Å². The topological polar surface area (TPSA) is 29.5 Å². The van der Waals surface area contributed by atoms with Gasteiger partial charge in [-0.25, -0.2) is 0 Å². The van der Waals surface area contributed by atoms with E-state index in [9.17, 15) is 0 Å². The first-order valence-electron chi connectivity index (χ1n) is 6.33. The molecule has 1 aliphatic carbocycles. The van der Waals surface area contributed by atoms with Gasteiger partial charge in [-0.2, -0.15) is 0 Å². The molecule has 2 atom stereocenters. The number of fused-ring (bicyclic) bond motifs is 1. The highest BCUT2D eigenvalue weighted by Crippen LogP contribution is 2.36. The summed E-state index contributed by atoms with van der Waals surface area (Å²) in [5.41, 5.74) is 1.65. The fraction of sp³-hybridized carbons (Fsp3) is 0.846. The lowest BCUT2D eigenvalue weighted by atomic mass is 9.79. The maximum Gasteiger partial charge on any atom is 0.0640 e. The van der Waals surface area contributed by atoms with Crippen LogP contribution in [0.4, 0.5) is 0 Å². The van der Waals surface area contributed by atoms with E-state index in [0.29, 0.717) is 18.6 Å². The molecule has 2 aliphatic rings. The Kier molecular flexibility index (Phi) is 4.21. The summed E-state index contributed by atoms with van der Waals surface area (Å²) in [6, 6.07) is 0. The number of aliphatic hydroxyl groups is 1. The van der Waals surface area contributed by atoms with Crippen molar-refractivity contribution in [2.24, 2.45) is 5.92 Å². The van der Waals surface area contributed by atoms with Crippen molar-refractivity contribution in [3.63, 3.8) is 0 Å². The molecule has 0 aromatic rings. The summed E-state index contributed by atoms with van der Waals surface area (Å²) >= 11 is 0. The van der Waals surface area contributed by atoms with Gasteiger partial charge in [-0.3, -0.25) is 0 Å². The SMILES string of the molecule is OCCCC[C@H]1OCCC2=CCCC[C@@H]21. The number of allylic oxidation sites excluding steroid dienone is 1. The molecule has 15 heavy (non-hydrogen) atoms. The van der Waals surface area contributed by atoms with Gasteiger partial charge in [0, 0.05) is 12.5 Å². The number of unbranched alkanes of at least 4 members (excludes halogenated alkanes) is 1. The van der Waals surface area contributed by atoms with Crippen LogP contribution in [0, 0.1) is 5.92 Å². The van der Waals surface area contributed by atoms with Crippen LogP contribution in [0.3, 0.4) is 0 Å². The molecular weight excluding hydrogens is 188 g/mol. The van der Waals surface area contributed by atoms with Crippen molar-refractivity contribution in [2.45, 2.75) is 51.0 Å². The van der Waals surface area contributed by atoms with Gasteiger partial charge in [0.2, 0.25) is 0 Å². The standard InChI is InChI=1S/C13H22O2/c14-9-4-3-7-13-12-6-2-1-5-11(12)8-10-15-13/h5,12-14H,1-4,6-10H2/t12-,13+/m0/s1. The molecule has 0 saturated carbocycles. The van der Waals surface area contributed by atoms with Crippen LogP contribution in [0.25, 0.3) is 0 Å². The zero-order valence-electron chi connectivity index (χ0n) is 9.45. The van der Waals surface area contributed by atoms with E-state index >= 15 is 0 Å². The number of rotatable bonds is 4. The number of ether oxygens (including phenoxy) is 1. The summed E-state index contributed by atoms with van der Waals surface area (Å²) in [6.45, 7) is 1.23. The third-order valence-corrected chi connectivity index (χ3v) is 3.67. The predicted octanol–water partition coefficient (Wildman–Crippen LogP) is 2.66. The summed E-state index contributed by atoms with van der Waals surface area (Å²) in [5, 5.41) is 8.78. The van der Waals surface area contributed by atoms with E-state index in [1.165, 1.54) is 19.3 Å². The van der Waals surface area contributed by atoms with E-state index < -0.39 is 0 Å². The maximum absolute atomic E-state index is 8.78. The Morgan fingerprint density at radius 3 is 3.20 bits per heavy atom. The largest absolute Gasteiger partial charge is 0.396 e. The molecule has 0 aromatic heterocycles. The van der Waals surface area contributed by atoms with Crippen LogP contribution >= 0.6 is 0 Å². The molecule has 1 heterocycles. The molecule has 2 rings (SSSR count). The van der Waals surface area contributed by atoms with Gasteiger partial charge in [-0.05, 0) is 44.9 Å². The Hall–Kier alpha value is -0.340. The number of hydrogen-bond acceptors (Lipinski definition) is 2. The second-order valence-electron chi connectivity index (χ2n) is 4.70. The number of hydrogen-bond donors (Lipinski definition) is 1. The molecule has 0 aromatic carbocycles. The lowest BCUT2D eigenvalue weighted by molar-refractivity contribution is -0.0120. The van der Waals surface area contributed by atoms with Crippen molar-refractivity contribution in [3.8, 4) is 0 Å². The molecule has 1 N–H and O–H groups in total. The number of aliphatic hydroxyl groups excluding tert-OH is 1. The molecule has 1 saturated heterocycles. The first-order valence-corrected chi connectivity index (χ1v) is 6.33. The first-order chi connectivity index (χ1) is 7.42. The lowest BCUT2D eigenvalue weighted by Crippen LogP contribution is -2.32. The second-order valence-corrected chi connectivity index (χ2v) is 4.70. The average molecular weight is 210 g/mol. The van der Waals surface area contributed by atoms with Crippen molar-refractivity contribution in [1.29, 1.82) is 0 Å². The van der Waals surface area contributed by atoms with Gasteiger partial charge in [0.25, 0.3) is 0 Å². The summed E-state index contributed by atoms with van der Waals surface area (Å²) in [6.07, 6.45) is 11.1. The van der Waals surface area contributed by atoms with Crippen molar-refractivity contribution in [3.05, 3.63) is 11.6 Å². The quantitative estimate of drug-likeness (QED) is 0.571. The average Bonchev–Trinajstić information content (AvgIpc) is 2.30. The summed E-state index contributed by atoms with van der Waals surface area (Å²) in [4.78, 5) is 0. The molecule has 86 valence electrons. The minimum Gasteiger partial charge on any atom is -0.396 e. The van der Waals surface area contributed by atoms with E-state index in [0.717, 1.165) is 32.3 Å². The van der Waals surface area contributed by atoms with Crippen LogP contribution < -0.4 is 0 Å². The third-order valence-electron chi connectivity index (χ3n) is 3.67. The van der Waals surface area contributed by atoms with Crippen LogP contribution in [0.2, 0.25) is 0 Å². The van der Waals surface area contributed by atoms with Crippen molar-refractivity contribution in [1.82, 2.24) is 0 Å². The molecule has 1 aliphatic heterocycles. The Labute approximate surface area is 92.3 Å². The highest BCUT2D eigenvalue weighted by Gasteiger charge is 2.30. The van der Waals surface area contributed by atoms with Crippen LogP contribution in [-0.2, 0) is 4.74 Å². The molecule has 0 unspecified atom stereocenters. The molecule has 0 bridgehead atoms. The van der Waals surface area contributed by atoms with E-state index in [-0.39, 0.29) is 0 Å². The molecule has 0 radical (unpaired) electrons. The smallest absolute Gasteiger partial charge is 0.0640 e. The highest BCUT2D eigenvalue weighted by atomic mass is 16.5. The summed E-state index contributed by atoms with van der Waals surface area (Å²) < 4.78 is 5.87. The van der Waals surface area contributed by atoms with E-state index in [2.05, 4.69) is 6.08 Å². The van der Waals surface area contributed by atoms with E-state index in [1.807, 2.05) is 0 Å². The minimum atomic E-state index is 0.320. The Balaban J connectivity index is 1.87. The van der Waals surface area contributed by atoms with Gasteiger partial charge in [0.1, 0.15) is 0 Å². The van der Waals surface area contributed by atoms with Crippen LogP contribution in [0.1, 0.15) is 44.9 Å². The zero-order chi connectivity index (χ0) is 10.5. The van der Waals surface area contributed by atoms with Crippen molar-refractivity contribution >= 4 is 0 Å². The fourth-order valence-corrected chi connectivity index (χ4v) is 2.86. The van der Waals surface area contributed by atoms with E-state index in [4.69, 9.17) is 9.84 Å². The third kappa shape index (κ3) is 2.82. The Morgan fingerprint density at radius 2 is 2.33 bits per heavy atom. The molecule has 0 amide bonds. The normalized spacial score (nSPS) is 30.9. The van der Waals surface area contributed by atoms with Gasteiger partial charge in [-0.15, -0.1) is 0 Å². The van der Waals surface area contributed by atoms with Gasteiger partial charge in [0.15, 0.2) is 0 Å².